The van der Waals surface area contributed by atoms with Gasteiger partial charge in [0.25, 0.3) is 0 Å². The molecule has 5 heteroatoms. The lowest BCUT2D eigenvalue weighted by molar-refractivity contribution is 0.942. The maximum Gasteiger partial charge on any atom is 0.217 e. The summed E-state index contributed by atoms with van der Waals surface area (Å²) in [4.78, 5) is 0. The molecule has 3 nitrogen and oxygen atoms in total. The summed E-state index contributed by atoms with van der Waals surface area (Å²) in [6.07, 6.45) is 5.93. The summed E-state index contributed by atoms with van der Waals surface area (Å²) in [5.41, 5.74) is 0. The zero-order valence-electron chi connectivity index (χ0n) is 6.47. The van der Waals surface area contributed by atoms with E-state index in [1.807, 2.05) is 35.3 Å². The molecule has 0 N–H and O–H groups in total. The van der Waals surface area contributed by atoms with Crippen molar-refractivity contribution >= 4 is 23.1 Å². The normalized spacial score (nSPS) is 10.4. The number of thioether (sulfide) groups is 1. The predicted molar refractivity (Wildman–Crippen MR) is 51.0 cm³/mol. The molecule has 12 heavy (non-hydrogen) atoms. The molecule has 2 heterocycles. The van der Waals surface area contributed by atoms with Crippen LogP contribution in [0.15, 0.2) is 28.9 Å². The molecular weight excluding hydrogens is 190 g/mol. The third-order valence-corrected chi connectivity index (χ3v) is 3.31. The molecule has 0 fully saturated rings. The molecular formula is C7H7N3S2. The van der Waals surface area contributed by atoms with Crippen LogP contribution in [-0.4, -0.2) is 21.0 Å². The van der Waals surface area contributed by atoms with Crippen molar-refractivity contribution in [2.24, 2.45) is 0 Å². The Hall–Kier alpha value is -0.810. The van der Waals surface area contributed by atoms with Crippen molar-refractivity contribution in [2.45, 2.75) is 4.34 Å². The zero-order valence-corrected chi connectivity index (χ0v) is 8.10. The molecule has 2 rings (SSSR count). The van der Waals surface area contributed by atoms with E-state index in [1.54, 1.807) is 23.1 Å². The summed E-state index contributed by atoms with van der Waals surface area (Å²) in [7, 11) is 0. The smallest absolute Gasteiger partial charge is 0.217 e. The summed E-state index contributed by atoms with van der Waals surface area (Å²) in [6, 6.07) is 3.94. The molecule has 0 radical (unpaired) electrons. The number of hydrogen-bond acceptors (Lipinski definition) is 4. The standard InChI is InChI=1S/C7H7N3S2/c1-11-7-9-8-6(12-7)10-4-2-3-5-10/h2-5H,1H3. The van der Waals surface area contributed by atoms with Crippen LogP contribution in [0.2, 0.25) is 0 Å². The summed E-state index contributed by atoms with van der Waals surface area (Å²) < 4.78 is 2.95. The van der Waals surface area contributed by atoms with Crippen molar-refractivity contribution in [3.8, 4) is 5.13 Å². The molecule has 2 aromatic heterocycles. The molecule has 0 saturated carbocycles. The van der Waals surface area contributed by atoms with Crippen molar-refractivity contribution < 1.29 is 0 Å². The third-order valence-electron chi connectivity index (χ3n) is 1.40. The van der Waals surface area contributed by atoms with Gasteiger partial charge in [-0.3, -0.25) is 4.57 Å². The Balaban J connectivity index is 2.35. The molecule has 0 aliphatic carbocycles. The first-order valence-corrected chi connectivity index (χ1v) is 5.45. The maximum absolute atomic E-state index is 4.04. The van der Waals surface area contributed by atoms with Gasteiger partial charge < -0.3 is 0 Å². The lowest BCUT2D eigenvalue weighted by Gasteiger charge is -1.90. The van der Waals surface area contributed by atoms with Crippen LogP contribution in [0.1, 0.15) is 0 Å². The Morgan fingerprint density at radius 2 is 2.08 bits per heavy atom. The molecule has 0 aromatic carbocycles. The molecule has 0 aliphatic heterocycles. The van der Waals surface area contributed by atoms with Crippen molar-refractivity contribution in [3.63, 3.8) is 0 Å². The fourth-order valence-corrected chi connectivity index (χ4v) is 2.08. The van der Waals surface area contributed by atoms with E-state index in [1.165, 1.54) is 0 Å². The molecule has 0 bridgehead atoms. The van der Waals surface area contributed by atoms with E-state index in [-0.39, 0.29) is 0 Å². The Bertz CT molecular complexity index is 352. The minimum absolute atomic E-state index is 0.921. The Morgan fingerprint density at radius 3 is 2.67 bits per heavy atom. The Labute approximate surface area is 78.4 Å². The molecule has 0 amide bonds. The van der Waals surface area contributed by atoms with Crippen molar-refractivity contribution in [1.29, 1.82) is 0 Å². The van der Waals surface area contributed by atoms with Crippen LogP contribution in [0.4, 0.5) is 0 Å². The fourth-order valence-electron chi connectivity index (χ4n) is 0.851. The van der Waals surface area contributed by atoms with E-state index in [2.05, 4.69) is 10.2 Å². The van der Waals surface area contributed by atoms with Gasteiger partial charge in [-0.05, 0) is 18.4 Å². The minimum atomic E-state index is 0.921. The van der Waals surface area contributed by atoms with Crippen LogP contribution >= 0.6 is 23.1 Å². The molecule has 0 unspecified atom stereocenters. The largest absolute Gasteiger partial charge is 0.299 e. The molecule has 62 valence electrons. The molecule has 0 aliphatic rings. The first-order chi connectivity index (χ1) is 5.90. The van der Waals surface area contributed by atoms with Crippen LogP contribution in [-0.2, 0) is 0 Å². The van der Waals surface area contributed by atoms with Gasteiger partial charge in [-0.2, -0.15) is 0 Å². The predicted octanol–water partition coefficient (Wildman–Crippen LogP) is 2.05. The van der Waals surface area contributed by atoms with Crippen molar-refractivity contribution in [2.75, 3.05) is 6.26 Å². The SMILES string of the molecule is CSc1nnc(-n2cccc2)s1. The van der Waals surface area contributed by atoms with Crippen LogP contribution in [0, 0.1) is 0 Å². The highest BCUT2D eigenvalue weighted by molar-refractivity contribution is 8.00. The maximum atomic E-state index is 4.04. The van der Waals surface area contributed by atoms with Gasteiger partial charge >= 0.3 is 0 Å². The first-order valence-electron chi connectivity index (χ1n) is 3.41. The monoisotopic (exact) mass is 197 g/mol. The van der Waals surface area contributed by atoms with Gasteiger partial charge in [-0.15, -0.1) is 10.2 Å². The van der Waals surface area contributed by atoms with Crippen LogP contribution in [0.25, 0.3) is 5.13 Å². The number of nitrogens with zero attached hydrogens (tertiary/aromatic N) is 3. The summed E-state index contributed by atoms with van der Waals surface area (Å²) in [6.45, 7) is 0. The number of aromatic nitrogens is 3. The quantitative estimate of drug-likeness (QED) is 0.690. The van der Waals surface area contributed by atoms with E-state index in [0.29, 0.717) is 0 Å². The molecule has 0 atom stereocenters. The van der Waals surface area contributed by atoms with E-state index in [9.17, 15) is 0 Å². The van der Waals surface area contributed by atoms with Gasteiger partial charge in [0, 0.05) is 12.4 Å². The van der Waals surface area contributed by atoms with Crippen molar-refractivity contribution in [3.05, 3.63) is 24.5 Å². The van der Waals surface area contributed by atoms with E-state index in [4.69, 9.17) is 0 Å². The van der Waals surface area contributed by atoms with Gasteiger partial charge in [-0.25, -0.2) is 0 Å². The third kappa shape index (κ3) is 1.37. The van der Waals surface area contributed by atoms with Crippen LogP contribution in [0.3, 0.4) is 0 Å². The number of hydrogen-bond donors (Lipinski definition) is 0. The second-order valence-corrected chi connectivity index (χ2v) is 4.15. The van der Waals surface area contributed by atoms with Crippen LogP contribution < -0.4 is 0 Å². The Kier molecular flexibility index (Phi) is 2.14. The topological polar surface area (TPSA) is 30.7 Å². The fraction of sp³-hybridized carbons (Fsp3) is 0.143. The highest BCUT2D eigenvalue weighted by atomic mass is 32.2. The lowest BCUT2D eigenvalue weighted by atomic mass is 10.7. The molecule has 0 saturated heterocycles. The summed E-state index contributed by atoms with van der Waals surface area (Å²) in [5, 5.41) is 8.96. The highest BCUT2D eigenvalue weighted by Crippen LogP contribution is 2.21. The van der Waals surface area contributed by atoms with E-state index in [0.717, 1.165) is 9.47 Å². The first kappa shape index (κ1) is 7.82. The number of rotatable bonds is 2. The Morgan fingerprint density at radius 1 is 1.33 bits per heavy atom. The molecule has 2 aromatic rings. The van der Waals surface area contributed by atoms with Crippen LogP contribution in [0.5, 0.6) is 0 Å². The average Bonchev–Trinajstić information content (AvgIpc) is 2.75. The van der Waals surface area contributed by atoms with E-state index < -0.39 is 0 Å². The van der Waals surface area contributed by atoms with Crippen molar-refractivity contribution in [1.82, 2.24) is 14.8 Å². The second-order valence-electron chi connectivity index (χ2n) is 2.14. The summed E-state index contributed by atoms with van der Waals surface area (Å²) >= 11 is 3.21. The molecule has 0 spiro atoms. The highest BCUT2D eigenvalue weighted by Gasteiger charge is 2.02. The minimum Gasteiger partial charge on any atom is -0.299 e. The lowest BCUT2D eigenvalue weighted by Crippen LogP contribution is -1.86. The average molecular weight is 197 g/mol. The van der Waals surface area contributed by atoms with Gasteiger partial charge in [0.2, 0.25) is 5.13 Å². The van der Waals surface area contributed by atoms with E-state index >= 15 is 0 Å². The van der Waals surface area contributed by atoms with Gasteiger partial charge in [0.05, 0.1) is 0 Å². The van der Waals surface area contributed by atoms with Gasteiger partial charge in [0.15, 0.2) is 4.34 Å². The summed E-state index contributed by atoms with van der Waals surface area (Å²) in [5.74, 6) is 0. The van der Waals surface area contributed by atoms with Gasteiger partial charge in [0.1, 0.15) is 0 Å². The van der Waals surface area contributed by atoms with Gasteiger partial charge in [-0.1, -0.05) is 23.1 Å². The second kappa shape index (κ2) is 3.28. The zero-order chi connectivity index (χ0) is 8.39.